The van der Waals surface area contributed by atoms with Crippen molar-refractivity contribution >= 4 is 17.6 Å². The number of nitrogens with zero attached hydrogens (tertiary/aromatic N) is 1. The second-order valence-electron chi connectivity index (χ2n) is 7.68. The van der Waals surface area contributed by atoms with Crippen LogP contribution in [0, 0.1) is 0 Å². The number of halogens is 3. The molecule has 1 rings (SSSR count). The number of carbonyl (C=O) groups is 2. The summed E-state index contributed by atoms with van der Waals surface area (Å²) in [5, 5.41) is 8.92. The fraction of sp³-hybridized carbons (Fsp3) is 0.583. The zero-order valence-corrected chi connectivity index (χ0v) is 18.3. The number of benzene rings is 1. The van der Waals surface area contributed by atoms with E-state index in [0.29, 0.717) is 17.7 Å². The van der Waals surface area contributed by atoms with Crippen LogP contribution in [0.1, 0.15) is 87.9 Å². The van der Waals surface area contributed by atoms with E-state index in [4.69, 9.17) is 5.11 Å². The van der Waals surface area contributed by atoms with E-state index < -0.39 is 18.1 Å². The maximum Gasteiger partial charge on any atom is 0.471 e. The van der Waals surface area contributed by atoms with Gasteiger partial charge in [-0.1, -0.05) is 64.0 Å². The lowest BCUT2D eigenvalue weighted by molar-refractivity contribution is -0.170. The zero-order valence-electron chi connectivity index (χ0n) is 18.3. The number of alkyl halides is 3. The first-order valence-corrected chi connectivity index (χ1v) is 11.1. The average molecular weight is 442 g/mol. The topological polar surface area (TPSA) is 57.6 Å². The maximum atomic E-state index is 13.0. The Balaban J connectivity index is 2.40. The second-order valence-corrected chi connectivity index (χ2v) is 7.68. The lowest BCUT2D eigenvalue weighted by atomic mass is 10.1. The molecule has 0 aliphatic carbocycles. The monoisotopic (exact) mass is 441 g/mol. The number of hydrogen-bond acceptors (Lipinski definition) is 2. The van der Waals surface area contributed by atoms with E-state index in [2.05, 4.69) is 13.0 Å². The summed E-state index contributed by atoms with van der Waals surface area (Å²) in [5.41, 5.74) is -0.0118. The van der Waals surface area contributed by atoms with Crippen molar-refractivity contribution in [1.82, 2.24) is 0 Å². The van der Waals surface area contributed by atoms with Gasteiger partial charge >= 0.3 is 18.1 Å². The first-order chi connectivity index (χ1) is 14.8. The summed E-state index contributed by atoms with van der Waals surface area (Å²) in [4.78, 5) is 23.4. The molecule has 0 bridgehead atoms. The van der Waals surface area contributed by atoms with Crippen molar-refractivity contribution < 1.29 is 27.9 Å². The highest BCUT2D eigenvalue weighted by Gasteiger charge is 2.42. The molecule has 0 radical (unpaired) electrons. The first-order valence-electron chi connectivity index (χ1n) is 11.1. The molecular formula is C24H34F3NO3. The molecule has 0 saturated heterocycles. The van der Waals surface area contributed by atoms with Crippen LogP contribution in [0.3, 0.4) is 0 Å². The van der Waals surface area contributed by atoms with E-state index in [9.17, 15) is 22.8 Å². The number of carbonyl (C=O) groups excluding carboxylic acids is 1. The van der Waals surface area contributed by atoms with Crippen molar-refractivity contribution in [2.75, 3.05) is 11.4 Å². The Hall–Kier alpha value is -2.31. The van der Waals surface area contributed by atoms with Gasteiger partial charge in [-0.2, -0.15) is 13.2 Å². The molecule has 0 heterocycles. The third-order valence-electron chi connectivity index (χ3n) is 5.06. The molecule has 0 fully saturated rings. The van der Waals surface area contributed by atoms with Gasteiger partial charge in [0.15, 0.2) is 0 Å². The highest BCUT2D eigenvalue weighted by atomic mass is 19.4. The first kappa shape index (κ1) is 26.7. The summed E-state index contributed by atoms with van der Waals surface area (Å²) in [6, 6.07) is 4.84. The molecule has 1 N–H and O–H groups in total. The van der Waals surface area contributed by atoms with Gasteiger partial charge in [-0.25, -0.2) is 4.79 Å². The smallest absolute Gasteiger partial charge is 0.471 e. The molecule has 1 amide bonds. The van der Waals surface area contributed by atoms with Gasteiger partial charge in [-0.05, 0) is 49.9 Å². The van der Waals surface area contributed by atoms with Crippen LogP contribution in [0.15, 0.2) is 36.4 Å². The van der Waals surface area contributed by atoms with Crippen LogP contribution in [0.5, 0.6) is 0 Å². The van der Waals surface area contributed by atoms with E-state index >= 15 is 0 Å². The van der Waals surface area contributed by atoms with Crippen molar-refractivity contribution in [3.8, 4) is 0 Å². The zero-order chi connectivity index (χ0) is 23.1. The van der Waals surface area contributed by atoms with E-state index in [1.54, 1.807) is 0 Å². The number of carboxylic acids is 1. The minimum Gasteiger partial charge on any atom is -0.478 e. The van der Waals surface area contributed by atoms with Crippen LogP contribution in [0.25, 0.3) is 0 Å². The van der Waals surface area contributed by atoms with Gasteiger partial charge in [0.25, 0.3) is 0 Å². The number of allylic oxidation sites excluding steroid dienone is 2. The molecule has 0 aliphatic heterocycles. The highest BCUT2D eigenvalue weighted by Crippen LogP contribution is 2.24. The molecule has 0 saturated carbocycles. The molecule has 0 atom stereocenters. The molecule has 1 aromatic carbocycles. The third kappa shape index (κ3) is 11.0. The van der Waals surface area contributed by atoms with Crippen LogP contribution in [-0.2, 0) is 4.79 Å². The Morgan fingerprint density at radius 2 is 1.39 bits per heavy atom. The average Bonchev–Trinajstić information content (AvgIpc) is 2.73. The summed E-state index contributed by atoms with van der Waals surface area (Å²) in [6.07, 6.45) is 10.9. The molecule has 4 nitrogen and oxygen atoms in total. The molecular weight excluding hydrogens is 407 g/mol. The molecule has 1 aromatic rings. The Morgan fingerprint density at radius 3 is 1.90 bits per heavy atom. The predicted octanol–water partition coefficient (Wildman–Crippen LogP) is 7.15. The third-order valence-corrected chi connectivity index (χ3v) is 5.06. The van der Waals surface area contributed by atoms with Crippen LogP contribution in [0.2, 0.25) is 0 Å². The van der Waals surface area contributed by atoms with Crippen LogP contribution < -0.4 is 4.90 Å². The van der Waals surface area contributed by atoms with Gasteiger partial charge in [-0.3, -0.25) is 4.79 Å². The summed E-state index contributed by atoms with van der Waals surface area (Å²) >= 11 is 0. The number of amides is 1. The van der Waals surface area contributed by atoms with Crippen LogP contribution in [-0.4, -0.2) is 29.7 Å². The van der Waals surface area contributed by atoms with Crippen LogP contribution >= 0.6 is 0 Å². The van der Waals surface area contributed by atoms with Gasteiger partial charge < -0.3 is 10.0 Å². The molecule has 31 heavy (non-hydrogen) atoms. The standard InChI is InChI=1S/C24H34F3NO3/c1-2-3-4-5-6-7-8-9-10-11-12-13-14-19-28(23(31)24(25,26)27)21-17-15-20(16-18-21)22(29)30/h11-12,15-18H,2-10,13-14,19H2,1H3,(H,29,30)/b12-11+. The van der Waals surface area contributed by atoms with Gasteiger partial charge in [-0.15, -0.1) is 0 Å². The van der Waals surface area contributed by atoms with Gasteiger partial charge in [0.2, 0.25) is 0 Å². The number of aromatic carboxylic acids is 1. The molecule has 0 aliphatic rings. The molecule has 7 heteroatoms. The number of carboxylic acid groups (broad SMARTS) is 1. The van der Waals surface area contributed by atoms with E-state index in [1.807, 2.05) is 6.08 Å². The Bertz CT molecular complexity index is 684. The van der Waals surface area contributed by atoms with Gasteiger partial charge in [0.1, 0.15) is 0 Å². The second kappa shape index (κ2) is 14.7. The summed E-state index contributed by atoms with van der Waals surface area (Å²) < 4.78 is 38.9. The Labute approximate surface area is 183 Å². The Kier molecular flexibility index (Phi) is 12.6. The molecule has 0 spiro atoms. The van der Waals surface area contributed by atoms with Crippen molar-refractivity contribution in [2.24, 2.45) is 0 Å². The van der Waals surface area contributed by atoms with Crippen molar-refractivity contribution in [1.29, 1.82) is 0 Å². The Morgan fingerprint density at radius 1 is 0.871 bits per heavy atom. The normalized spacial score (nSPS) is 11.7. The number of anilines is 1. The molecule has 0 aromatic heterocycles. The SMILES string of the molecule is CCCCCCCCCC/C=C/CCCN(C(=O)C(F)(F)F)c1ccc(C(=O)O)cc1. The fourth-order valence-electron chi connectivity index (χ4n) is 3.28. The largest absolute Gasteiger partial charge is 0.478 e. The number of rotatable bonds is 15. The molecule has 0 unspecified atom stereocenters. The lowest BCUT2D eigenvalue weighted by Crippen LogP contribution is -2.41. The highest BCUT2D eigenvalue weighted by molar-refractivity contribution is 5.97. The lowest BCUT2D eigenvalue weighted by Gasteiger charge is -2.23. The van der Waals surface area contributed by atoms with Crippen LogP contribution in [0.4, 0.5) is 18.9 Å². The van der Waals surface area contributed by atoms with Crippen molar-refractivity contribution in [3.05, 3.63) is 42.0 Å². The summed E-state index contributed by atoms with van der Waals surface area (Å²) in [6.45, 7) is 2.11. The van der Waals surface area contributed by atoms with Crippen molar-refractivity contribution in [2.45, 2.75) is 83.7 Å². The summed E-state index contributed by atoms with van der Waals surface area (Å²) in [7, 11) is 0. The maximum absolute atomic E-state index is 13.0. The van der Waals surface area contributed by atoms with Gasteiger partial charge in [0, 0.05) is 12.2 Å². The number of hydrogen-bond donors (Lipinski definition) is 1. The van der Waals surface area contributed by atoms with Gasteiger partial charge in [0.05, 0.1) is 5.56 Å². The number of unbranched alkanes of at least 4 members (excludes halogenated alkanes) is 9. The predicted molar refractivity (Wildman–Crippen MR) is 117 cm³/mol. The van der Waals surface area contributed by atoms with E-state index in [-0.39, 0.29) is 17.8 Å². The van der Waals surface area contributed by atoms with E-state index in [0.717, 1.165) is 12.8 Å². The van der Waals surface area contributed by atoms with Crippen molar-refractivity contribution in [3.63, 3.8) is 0 Å². The van der Waals surface area contributed by atoms with E-state index in [1.165, 1.54) is 69.2 Å². The summed E-state index contributed by atoms with van der Waals surface area (Å²) in [5.74, 6) is -3.12. The quantitative estimate of drug-likeness (QED) is 0.232. The minimum atomic E-state index is -4.99. The minimum absolute atomic E-state index is 0.0373. The molecule has 174 valence electrons. The fourth-order valence-corrected chi connectivity index (χ4v) is 3.28.